The van der Waals surface area contributed by atoms with Crippen molar-refractivity contribution < 1.29 is 13.9 Å². The lowest BCUT2D eigenvalue weighted by Gasteiger charge is -2.20. The molecule has 2 nitrogen and oxygen atoms in total. The van der Waals surface area contributed by atoms with Crippen LogP contribution in [-0.2, 0) is 10.1 Å². The van der Waals surface area contributed by atoms with Gasteiger partial charge in [-0.2, -0.15) is 0 Å². The summed E-state index contributed by atoms with van der Waals surface area (Å²) >= 11 is 3.27. The predicted molar refractivity (Wildman–Crippen MR) is 89.6 cm³/mol. The van der Waals surface area contributed by atoms with Crippen molar-refractivity contribution in [3.05, 3.63) is 59.4 Å². The van der Waals surface area contributed by atoms with Gasteiger partial charge in [-0.25, -0.2) is 9.18 Å². The average Bonchev–Trinajstić information content (AvgIpc) is 2.46. The first-order valence-electron chi connectivity index (χ1n) is 6.99. The van der Waals surface area contributed by atoms with E-state index in [4.69, 9.17) is 4.74 Å². The van der Waals surface area contributed by atoms with Crippen LogP contribution in [0, 0.1) is 5.82 Å². The van der Waals surface area contributed by atoms with Crippen LogP contribution in [-0.4, -0.2) is 11.6 Å². The number of carbonyl (C=O) groups excluding carboxylic acids is 1. The van der Waals surface area contributed by atoms with Gasteiger partial charge in [-0.1, -0.05) is 40.2 Å². The van der Waals surface area contributed by atoms with Crippen LogP contribution in [0.1, 0.15) is 36.7 Å². The van der Waals surface area contributed by atoms with Crippen molar-refractivity contribution in [2.45, 2.75) is 31.7 Å². The normalized spacial score (nSPS) is 11.3. The molecule has 2 rings (SSSR count). The van der Waals surface area contributed by atoms with E-state index in [-0.39, 0.29) is 11.8 Å². The lowest BCUT2D eigenvalue weighted by Crippen LogP contribution is -2.24. The molecule has 0 saturated carbocycles. The maximum absolute atomic E-state index is 13.6. The highest BCUT2D eigenvalue weighted by Crippen LogP contribution is 2.28. The van der Waals surface area contributed by atoms with Crippen LogP contribution < -0.4 is 0 Å². The van der Waals surface area contributed by atoms with Gasteiger partial charge in [-0.15, -0.1) is 0 Å². The van der Waals surface area contributed by atoms with Crippen molar-refractivity contribution in [2.24, 2.45) is 0 Å². The van der Waals surface area contributed by atoms with Crippen molar-refractivity contribution in [3.63, 3.8) is 0 Å². The Morgan fingerprint density at radius 2 is 1.86 bits per heavy atom. The largest absolute Gasteiger partial charge is 0.456 e. The van der Waals surface area contributed by atoms with Crippen LogP contribution in [0.15, 0.2) is 42.5 Å². The lowest BCUT2D eigenvalue weighted by molar-refractivity contribution is 0.00705. The topological polar surface area (TPSA) is 26.3 Å². The van der Waals surface area contributed by atoms with Crippen LogP contribution in [0.25, 0.3) is 11.1 Å². The zero-order chi connectivity index (χ0) is 16.3. The van der Waals surface area contributed by atoms with E-state index in [1.807, 2.05) is 32.9 Å². The second kappa shape index (κ2) is 6.61. The molecule has 0 aliphatic rings. The second-order valence-electron chi connectivity index (χ2n) is 5.99. The minimum atomic E-state index is -0.561. The van der Waals surface area contributed by atoms with E-state index in [1.54, 1.807) is 24.3 Å². The van der Waals surface area contributed by atoms with Gasteiger partial charge in [-0.3, -0.25) is 0 Å². The van der Waals surface area contributed by atoms with Gasteiger partial charge in [0.2, 0.25) is 0 Å². The minimum Gasteiger partial charge on any atom is -0.456 e. The molecule has 0 saturated heterocycles. The molecule has 0 radical (unpaired) electrons. The van der Waals surface area contributed by atoms with Gasteiger partial charge >= 0.3 is 5.97 Å². The molecule has 0 N–H and O–H groups in total. The van der Waals surface area contributed by atoms with Crippen molar-refractivity contribution in [2.75, 3.05) is 0 Å². The van der Waals surface area contributed by atoms with Gasteiger partial charge < -0.3 is 4.74 Å². The molecular weight excluding hydrogens is 347 g/mol. The van der Waals surface area contributed by atoms with Gasteiger partial charge in [-0.05, 0) is 55.7 Å². The van der Waals surface area contributed by atoms with Gasteiger partial charge in [0, 0.05) is 5.33 Å². The molecular formula is C18H18BrFO2. The first kappa shape index (κ1) is 16.7. The van der Waals surface area contributed by atoms with E-state index >= 15 is 0 Å². The molecule has 0 fully saturated rings. The molecule has 0 aliphatic heterocycles. The highest BCUT2D eigenvalue weighted by molar-refractivity contribution is 9.08. The summed E-state index contributed by atoms with van der Waals surface area (Å²) in [6.45, 7) is 5.48. The summed E-state index contributed by atoms with van der Waals surface area (Å²) in [7, 11) is 0. The molecule has 0 atom stereocenters. The van der Waals surface area contributed by atoms with Gasteiger partial charge in [0.1, 0.15) is 11.4 Å². The Kier molecular flexibility index (Phi) is 5.01. The standard InChI is InChI=1S/C18H18BrFO2/c1-18(2,3)22-17(21)15-7-5-4-6-14(15)12-8-9-16(20)13(10-12)11-19/h4-10H,11H2,1-3H3. The maximum Gasteiger partial charge on any atom is 0.339 e. The fraction of sp³-hybridized carbons (Fsp3) is 0.278. The molecule has 0 aliphatic carbocycles. The van der Waals surface area contributed by atoms with E-state index in [9.17, 15) is 9.18 Å². The molecule has 0 bridgehead atoms. The number of esters is 1. The zero-order valence-corrected chi connectivity index (χ0v) is 14.4. The second-order valence-corrected chi connectivity index (χ2v) is 6.55. The number of benzene rings is 2. The van der Waals surface area contributed by atoms with E-state index < -0.39 is 5.60 Å². The molecule has 0 amide bonds. The summed E-state index contributed by atoms with van der Waals surface area (Å²) in [5, 5.41) is 0.418. The molecule has 116 valence electrons. The maximum atomic E-state index is 13.6. The number of hydrogen-bond acceptors (Lipinski definition) is 2. The fourth-order valence-electron chi connectivity index (χ4n) is 2.09. The zero-order valence-electron chi connectivity index (χ0n) is 12.8. The molecule has 4 heteroatoms. The summed E-state index contributed by atoms with van der Waals surface area (Å²) in [6, 6.07) is 12.0. The van der Waals surface area contributed by atoms with E-state index in [2.05, 4.69) is 15.9 Å². The van der Waals surface area contributed by atoms with Crippen molar-refractivity contribution >= 4 is 21.9 Å². The molecule has 2 aromatic carbocycles. The minimum absolute atomic E-state index is 0.268. The third kappa shape index (κ3) is 3.95. The summed E-state index contributed by atoms with van der Waals surface area (Å²) in [5.41, 5.74) is 1.99. The molecule has 0 unspecified atom stereocenters. The molecule has 22 heavy (non-hydrogen) atoms. The van der Waals surface area contributed by atoms with Crippen LogP contribution in [0.4, 0.5) is 4.39 Å². The number of rotatable bonds is 3. The Bertz CT molecular complexity index is 690. The van der Waals surface area contributed by atoms with Crippen LogP contribution >= 0.6 is 15.9 Å². The highest BCUT2D eigenvalue weighted by Gasteiger charge is 2.20. The Hall–Kier alpha value is -1.68. The fourth-order valence-corrected chi connectivity index (χ4v) is 2.52. The van der Waals surface area contributed by atoms with Crippen molar-refractivity contribution in [1.82, 2.24) is 0 Å². The third-order valence-corrected chi connectivity index (χ3v) is 3.65. The van der Waals surface area contributed by atoms with E-state index in [1.165, 1.54) is 6.07 Å². The lowest BCUT2D eigenvalue weighted by atomic mass is 9.98. The van der Waals surface area contributed by atoms with Crippen LogP contribution in [0.2, 0.25) is 0 Å². The molecule has 0 spiro atoms. The Labute approximate surface area is 138 Å². The smallest absolute Gasteiger partial charge is 0.339 e. The van der Waals surface area contributed by atoms with Gasteiger partial charge in [0.25, 0.3) is 0 Å². The highest BCUT2D eigenvalue weighted by atomic mass is 79.9. The molecule has 0 aromatic heterocycles. The molecule has 2 aromatic rings. The monoisotopic (exact) mass is 364 g/mol. The third-order valence-electron chi connectivity index (χ3n) is 3.05. The predicted octanol–water partition coefficient (Wildman–Crippen LogP) is 5.34. The summed E-state index contributed by atoms with van der Waals surface area (Å²) in [6.07, 6.45) is 0. The van der Waals surface area contributed by atoms with Crippen LogP contribution in [0.5, 0.6) is 0 Å². The van der Waals surface area contributed by atoms with Crippen molar-refractivity contribution in [1.29, 1.82) is 0 Å². The van der Waals surface area contributed by atoms with E-state index in [0.717, 1.165) is 11.1 Å². The SMILES string of the molecule is CC(C)(C)OC(=O)c1ccccc1-c1ccc(F)c(CBr)c1. The number of carbonyl (C=O) groups is 1. The summed E-state index contributed by atoms with van der Waals surface area (Å²) in [4.78, 5) is 12.4. The first-order chi connectivity index (χ1) is 10.3. The number of alkyl halides is 1. The number of ether oxygens (including phenoxy) is 1. The quantitative estimate of drug-likeness (QED) is 0.542. The van der Waals surface area contributed by atoms with Gasteiger partial charge in [0.05, 0.1) is 5.56 Å². The van der Waals surface area contributed by atoms with Gasteiger partial charge in [0.15, 0.2) is 0 Å². The first-order valence-corrected chi connectivity index (χ1v) is 8.11. The van der Waals surface area contributed by atoms with E-state index in [0.29, 0.717) is 16.5 Å². The Morgan fingerprint density at radius 1 is 1.18 bits per heavy atom. The van der Waals surface area contributed by atoms with Crippen LogP contribution in [0.3, 0.4) is 0 Å². The molecule has 0 heterocycles. The number of hydrogen-bond donors (Lipinski definition) is 0. The summed E-state index contributed by atoms with van der Waals surface area (Å²) in [5.74, 6) is -0.650. The Morgan fingerprint density at radius 3 is 2.50 bits per heavy atom. The average molecular weight is 365 g/mol. The number of halogens is 2. The Balaban J connectivity index is 2.47. The van der Waals surface area contributed by atoms with Crippen molar-refractivity contribution in [3.8, 4) is 11.1 Å². The summed E-state index contributed by atoms with van der Waals surface area (Å²) < 4.78 is 19.1.